The Morgan fingerprint density at radius 3 is 2.36 bits per heavy atom. The predicted octanol–water partition coefficient (Wildman–Crippen LogP) is 3.09. The average Bonchev–Trinajstić information content (AvgIpc) is 3.10. The van der Waals surface area contributed by atoms with Crippen LogP contribution in [0.1, 0.15) is 41.9 Å². The van der Waals surface area contributed by atoms with Gasteiger partial charge in [0, 0.05) is 12.2 Å². The third-order valence-corrected chi connectivity index (χ3v) is 5.83. The second kappa shape index (κ2) is 9.54. The highest BCUT2D eigenvalue weighted by molar-refractivity contribution is 7.98. The van der Waals surface area contributed by atoms with Crippen molar-refractivity contribution in [3.63, 3.8) is 0 Å². The Bertz CT molecular complexity index is 926. The molecular formula is C22H26N5S+. The molecule has 0 aliphatic carbocycles. The SMILES string of the molecule is CC[C@@H](c1nnc(SCc2ccc(C#N)cc2)n1Cc1ccccc1)[NH+](C)C. The number of nitrogens with one attached hydrogen (secondary N) is 1. The number of benzene rings is 2. The molecule has 0 fully saturated rings. The van der Waals surface area contributed by atoms with Crippen LogP contribution in [0.25, 0.3) is 0 Å². The molecule has 6 heteroatoms. The van der Waals surface area contributed by atoms with Crippen LogP contribution >= 0.6 is 11.8 Å². The van der Waals surface area contributed by atoms with Gasteiger partial charge >= 0.3 is 0 Å². The second-order valence-electron chi connectivity index (χ2n) is 7.05. The maximum absolute atomic E-state index is 8.96. The summed E-state index contributed by atoms with van der Waals surface area (Å²) in [5.41, 5.74) is 3.10. The summed E-state index contributed by atoms with van der Waals surface area (Å²) in [5.74, 6) is 1.83. The summed E-state index contributed by atoms with van der Waals surface area (Å²) in [7, 11) is 4.33. The van der Waals surface area contributed by atoms with Gasteiger partial charge in [-0.1, -0.05) is 61.2 Å². The van der Waals surface area contributed by atoms with Crippen molar-refractivity contribution < 1.29 is 4.90 Å². The maximum atomic E-state index is 8.96. The molecule has 0 spiro atoms. The van der Waals surface area contributed by atoms with Gasteiger partial charge in [0.1, 0.15) is 6.04 Å². The molecule has 0 radical (unpaired) electrons. The molecule has 5 nitrogen and oxygen atoms in total. The van der Waals surface area contributed by atoms with Crippen LogP contribution in [0.2, 0.25) is 0 Å². The van der Waals surface area contributed by atoms with E-state index in [2.05, 4.69) is 66.1 Å². The third kappa shape index (κ3) is 4.80. The van der Waals surface area contributed by atoms with Crippen LogP contribution in [0.4, 0.5) is 0 Å². The Labute approximate surface area is 171 Å². The van der Waals surface area contributed by atoms with Crippen LogP contribution in [0.15, 0.2) is 59.8 Å². The number of quaternary nitrogens is 1. The zero-order chi connectivity index (χ0) is 19.9. The highest BCUT2D eigenvalue weighted by Crippen LogP contribution is 2.25. The monoisotopic (exact) mass is 392 g/mol. The number of hydrogen-bond donors (Lipinski definition) is 1. The molecule has 3 aromatic rings. The molecule has 0 bridgehead atoms. The lowest BCUT2D eigenvalue weighted by Gasteiger charge is -2.20. The Kier molecular flexibility index (Phi) is 6.85. The lowest BCUT2D eigenvalue weighted by Crippen LogP contribution is -3.06. The van der Waals surface area contributed by atoms with Gasteiger partial charge in [-0.25, -0.2) is 0 Å². The predicted molar refractivity (Wildman–Crippen MR) is 112 cm³/mol. The van der Waals surface area contributed by atoms with E-state index >= 15 is 0 Å². The first-order valence-corrected chi connectivity index (χ1v) is 10.5. The van der Waals surface area contributed by atoms with Crippen LogP contribution in [-0.2, 0) is 12.3 Å². The van der Waals surface area contributed by atoms with Crippen molar-refractivity contribution >= 4 is 11.8 Å². The lowest BCUT2D eigenvalue weighted by molar-refractivity contribution is -0.893. The van der Waals surface area contributed by atoms with Crippen LogP contribution in [0.3, 0.4) is 0 Å². The third-order valence-electron chi connectivity index (χ3n) is 4.80. The first-order valence-electron chi connectivity index (χ1n) is 9.51. The summed E-state index contributed by atoms with van der Waals surface area (Å²) < 4.78 is 2.25. The quantitative estimate of drug-likeness (QED) is 0.599. The van der Waals surface area contributed by atoms with Crippen LogP contribution in [0.5, 0.6) is 0 Å². The fourth-order valence-corrected chi connectivity index (χ4v) is 4.15. The minimum Gasteiger partial charge on any atom is -0.331 e. The van der Waals surface area contributed by atoms with E-state index in [0.29, 0.717) is 11.6 Å². The molecule has 1 N–H and O–H groups in total. The Balaban J connectivity index is 1.86. The second-order valence-corrected chi connectivity index (χ2v) is 7.99. The van der Waals surface area contributed by atoms with Gasteiger partial charge in [0.15, 0.2) is 11.0 Å². The van der Waals surface area contributed by atoms with Crippen molar-refractivity contribution in [2.24, 2.45) is 0 Å². The summed E-state index contributed by atoms with van der Waals surface area (Å²) in [6.45, 7) is 2.96. The Hall–Kier alpha value is -2.62. The van der Waals surface area contributed by atoms with E-state index < -0.39 is 0 Å². The van der Waals surface area contributed by atoms with Crippen molar-refractivity contribution in [3.8, 4) is 6.07 Å². The zero-order valence-electron chi connectivity index (χ0n) is 16.6. The lowest BCUT2D eigenvalue weighted by atomic mass is 10.2. The summed E-state index contributed by atoms with van der Waals surface area (Å²) >= 11 is 1.69. The number of nitriles is 1. The van der Waals surface area contributed by atoms with Crippen molar-refractivity contribution in [1.82, 2.24) is 14.8 Å². The van der Waals surface area contributed by atoms with Crippen LogP contribution < -0.4 is 4.90 Å². The maximum Gasteiger partial charge on any atom is 0.192 e. The van der Waals surface area contributed by atoms with Gasteiger partial charge in [0.25, 0.3) is 0 Å². The van der Waals surface area contributed by atoms with Crippen molar-refractivity contribution in [2.45, 2.75) is 36.8 Å². The minimum atomic E-state index is 0.306. The highest BCUT2D eigenvalue weighted by atomic mass is 32.2. The molecule has 28 heavy (non-hydrogen) atoms. The molecule has 0 amide bonds. The summed E-state index contributed by atoms with van der Waals surface area (Å²) in [6, 6.07) is 20.6. The van der Waals surface area contributed by atoms with E-state index in [4.69, 9.17) is 5.26 Å². The number of rotatable bonds is 8. The van der Waals surface area contributed by atoms with Gasteiger partial charge in [-0.15, -0.1) is 10.2 Å². The summed E-state index contributed by atoms with van der Waals surface area (Å²) in [4.78, 5) is 1.35. The first-order chi connectivity index (χ1) is 13.6. The van der Waals surface area contributed by atoms with E-state index in [1.165, 1.54) is 16.0 Å². The van der Waals surface area contributed by atoms with Gasteiger partial charge in [-0.3, -0.25) is 4.57 Å². The minimum absolute atomic E-state index is 0.306. The molecule has 0 unspecified atom stereocenters. The first kappa shape index (κ1) is 20.1. The largest absolute Gasteiger partial charge is 0.331 e. The molecule has 1 aromatic heterocycles. The summed E-state index contributed by atoms with van der Waals surface area (Å²) in [5, 5.41) is 19.0. The number of hydrogen-bond acceptors (Lipinski definition) is 4. The molecule has 1 heterocycles. The van der Waals surface area contributed by atoms with E-state index in [9.17, 15) is 0 Å². The van der Waals surface area contributed by atoms with Crippen molar-refractivity contribution in [3.05, 3.63) is 77.1 Å². The molecule has 1 atom stereocenters. The topological polar surface area (TPSA) is 58.9 Å². The zero-order valence-corrected chi connectivity index (χ0v) is 17.4. The fourth-order valence-electron chi connectivity index (χ4n) is 3.25. The van der Waals surface area contributed by atoms with Gasteiger partial charge in [0.05, 0.1) is 32.3 Å². The molecule has 144 valence electrons. The van der Waals surface area contributed by atoms with Crippen LogP contribution in [-0.4, -0.2) is 28.9 Å². The number of aromatic nitrogens is 3. The highest BCUT2D eigenvalue weighted by Gasteiger charge is 2.25. The van der Waals surface area contributed by atoms with Gasteiger partial charge in [-0.2, -0.15) is 5.26 Å². The number of thioether (sulfide) groups is 1. The van der Waals surface area contributed by atoms with Crippen molar-refractivity contribution in [1.29, 1.82) is 5.26 Å². The van der Waals surface area contributed by atoms with Crippen LogP contribution in [0, 0.1) is 11.3 Å². The molecule has 3 rings (SSSR count). The van der Waals surface area contributed by atoms with Gasteiger partial charge in [0.2, 0.25) is 0 Å². The molecule has 2 aromatic carbocycles. The smallest absolute Gasteiger partial charge is 0.192 e. The standard InChI is InChI=1S/C22H25N5S/c1-4-20(26(2)3)21-24-25-22(27(21)15-18-8-6-5-7-9-18)28-16-19-12-10-17(14-23)11-13-19/h5-13,20H,4,15-16H2,1-3H3/p+1/t20-/m0/s1. The van der Waals surface area contributed by atoms with E-state index in [1.807, 2.05) is 30.3 Å². The molecular weight excluding hydrogens is 366 g/mol. The molecule has 0 saturated carbocycles. The molecule has 0 aliphatic rings. The average molecular weight is 393 g/mol. The van der Waals surface area contributed by atoms with E-state index in [1.54, 1.807) is 11.8 Å². The van der Waals surface area contributed by atoms with Crippen molar-refractivity contribution in [2.75, 3.05) is 14.1 Å². The van der Waals surface area contributed by atoms with E-state index in [-0.39, 0.29) is 0 Å². The molecule has 0 saturated heterocycles. The Morgan fingerprint density at radius 1 is 1.04 bits per heavy atom. The van der Waals surface area contributed by atoms with Gasteiger partial charge in [-0.05, 0) is 23.3 Å². The summed E-state index contributed by atoms with van der Waals surface area (Å²) in [6.07, 6.45) is 1.01. The van der Waals surface area contributed by atoms with E-state index in [0.717, 1.165) is 29.7 Å². The Morgan fingerprint density at radius 2 is 1.75 bits per heavy atom. The molecule has 0 aliphatic heterocycles. The fraction of sp³-hybridized carbons (Fsp3) is 0.318. The normalized spacial score (nSPS) is 12.1. The van der Waals surface area contributed by atoms with Gasteiger partial charge < -0.3 is 4.90 Å². The number of nitrogens with zero attached hydrogens (tertiary/aromatic N) is 4.